The third kappa shape index (κ3) is 4.44. The van der Waals surface area contributed by atoms with Crippen LogP contribution in [0.1, 0.15) is 55.3 Å². The van der Waals surface area contributed by atoms with Crippen LogP contribution in [0.15, 0.2) is 12.3 Å². The van der Waals surface area contributed by atoms with E-state index in [0.717, 1.165) is 51.6 Å². The van der Waals surface area contributed by atoms with Crippen molar-refractivity contribution in [1.82, 2.24) is 15.2 Å². The van der Waals surface area contributed by atoms with Gasteiger partial charge in [0, 0.05) is 12.1 Å². The summed E-state index contributed by atoms with van der Waals surface area (Å²) in [6, 6.07) is 1.77. The lowest BCUT2D eigenvalue weighted by molar-refractivity contribution is 0.0927. The maximum atomic E-state index is 13.6. The van der Waals surface area contributed by atoms with Crippen LogP contribution in [0.5, 0.6) is 0 Å². The van der Waals surface area contributed by atoms with Gasteiger partial charge in [0.15, 0.2) is 0 Å². The Balaban J connectivity index is 1.69. The Morgan fingerprint density at radius 2 is 1.88 bits per heavy atom. The molecule has 2 fully saturated rings. The molecule has 2 heterocycles. The third-order valence-corrected chi connectivity index (χ3v) is 5.10. The lowest BCUT2D eigenvalue weighted by Crippen LogP contribution is -2.39. The second-order valence-corrected chi connectivity index (χ2v) is 7.08. The minimum absolute atomic E-state index is 0.200. The number of carbonyl (C=O) groups is 1. The molecule has 1 saturated carbocycles. The van der Waals surface area contributed by atoms with E-state index >= 15 is 0 Å². The number of piperidine rings is 1. The van der Waals surface area contributed by atoms with Gasteiger partial charge in [-0.3, -0.25) is 4.79 Å². The molecule has 0 unspecified atom stereocenters. The smallest absolute Gasteiger partial charge is 0.255 e. The Labute approximate surface area is 143 Å². The molecule has 0 spiro atoms. The Kier molecular flexibility index (Phi) is 5.66. The zero-order chi connectivity index (χ0) is 16.9. The summed E-state index contributed by atoms with van der Waals surface area (Å²) in [6.45, 7) is 2.03. The minimum Gasteiger partial charge on any atom is -0.367 e. The van der Waals surface area contributed by atoms with Gasteiger partial charge in [0.25, 0.3) is 5.91 Å². The molecule has 24 heavy (non-hydrogen) atoms. The average Bonchev–Trinajstić information content (AvgIpc) is 2.59. The number of hydrogen-bond acceptors (Lipinski definition) is 4. The summed E-state index contributed by atoms with van der Waals surface area (Å²) in [5, 5.41) is 6.40. The van der Waals surface area contributed by atoms with E-state index in [4.69, 9.17) is 0 Å². The largest absolute Gasteiger partial charge is 0.367 e. The topological polar surface area (TPSA) is 57.3 Å². The Hall–Kier alpha value is -1.69. The maximum absolute atomic E-state index is 13.6. The van der Waals surface area contributed by atoms with Crippen molar-refractivity contribution in [2.75, 3.05) is 25.5 Å². The summed E-state index contributed by atoms with van der Waals surface area (Å²) in [5.41, 5.74) is 0.319. The number of likely N-dealkylation sites (tertiary alicyclic amines) is 1. The van der Waals surface area contributed by atoms with Gasteiger partial charge in [-0.05, 0) is 51.9 Å². The second-order valence-electron chi connectivity index (χ2n) is 7.08. The van der Waals surface area contributed by atoms with E-state index in [9.17, 15) is 9.18 Å². The van der Waals surface area contributed by atoms with Crippen LogP contribution in [0, 0.1) is 5.82 Å². The fourth-order valence-corrected chi connectivity index (χ4v) is 3.58. The van der Waals surface area contributed by atoms with E-state index < -0.39 is 5.82 Å². The number of nitrogens with one attached hydrogen (secondary N) is 2. The number of halogens is 1. The molecule has 0 radical (unpaired) electrons. The standard InChI is InChI=1S/C18H27FN4O/c1-23-9-7-15(8-10-23)21-17-16(11-13(19)12-20-17)18(24)22-14-5-3-2-4-6-14/h11-12,14-15H,2-10H2,1H3,(H,20,21)(H,22,24). The summed E-state index contributed by atoms with van der Waals surface area (Å²) in [5.74, 6) is -0.193. The van der Waals surface area contributed by atoms with E-state index in [-0.39, 0.29) is 18.0 Å². The third-order valence-electron chi connectivity index (χ3n) is 5.10. The average molecular weight is 334 g/mol. The molecule has 1 aromatic rings. The quantitative estimate of drug-likeness (QED) is 0.889. The molecule has 2 N–H and O–H groups in total. The number of hydrogen-bond donors (Lipinski definition) is 2. The van der Waals surface area contributed by atoms with Crippen molar-refractivity contribution >= 4 is 11.7 Å². The van der Waals surface area contributed by atoms with Gasteiger partial charge in [-0.15, -0.1) is 0 Å². The van der Waals surface area contributed by atoms with Crippen molar-refractivity contribution in [2.45, 2.75) is 57.0 Å². The molecule has 1 aromatic heterocycles. The molecule has 0 atom stereocenters. The van der Waals surface area contributed by atoms with Crippen LogP contribution < -0.4 is 10.6 Å². The van der Waals surface area contributed by atoms with E-state index in [1.54, 1.807) is 0 Å². The number of pyridine rings is 1. The maximum Gasteiger partial charge on any atom is 0.255 e. The zero-order valence-corrected chi connectivity index (χ0v) is 14.4. The predicted molar refractivity (Wildman–Crippen MR) is 92.7 cm³/mol. The minimum atomic E-state index is -0.474. The number of carbonyl (C=O) groups excluding carboxylic acids is 1. The molecular weight excluding hydrogens is 307 g/mol. The normalized spacial score (nSPS) is 20.8. The lowest BCUT2D eigenvalue weighted by atomic mass is 9.95. The van der Waals surface area contributed by atoms with Gasteiger partial charge in [0.1, 0.15) is 11.6 Å². The number of anilines is 1. The van der Waals surface area contributed by atoms with E-state index in [1.807, 2.05) is 0 Å². The number of rotatable bonds is 4. The SMILES string of the molecule is CN1CCC(Nc2ncc(F)cc2C(=O)NC2CCCCC2)CC1. The van der Waals surface area contributed by atoms with Crippen molar-refractivity contribution in [3.63, 3.8) is 0 Å². The van der Waals surface area contributed by atoms with Crippen LogP contribution in [0.25, 0.3) is 0 Å². The molecule has 1 aliphatic heterocycles. The second kappa shape index (κ2) is 7.92. The van der Waals surface area contributed by atoms with Crippen LogP contribution in [-0.4, -0.2) is 48.0 Å². The fraction of sp³-hybridized carbons (Fsp3) is 0.667. The molecule has 0 aromatic carbocycles. The van der Waals surface area contributed by atoms with Crippen LogP contribution in [0.2, 0.25) is 0 Å². The highest BCUT2D eigenvalue weighted by molar-refractivity contribution is 5.98. The monoisotopic (exact) mass is 334 g/mol. The first kappa shape index (κ1) is 17.1. The molecule has 3 rings (SSSR count). The number of aromatic nitrogens is 1. The van der Waals surface area contributed by atoms with Gasteiger partial charge in [-0.1, -0.05) is 19.3 Å². The highest BCUT2D eigenvalue weighted by atomic mass is 19.1. The summed E-state index contributed by atoms with van der Waals surface area (Å²) >= 11 is 0. The zero-order valence-electron chi connectivity index (χ0n) is 14.4. The molecule has 5 nitrogen and oxygen atoms in total. The van der Waals surface area contributed by atoms with Gasteiger partial charge < -0.3 is 15.5 Å². The first-order chi connectivity index (χ1) is 11.6. The summed E-state index contributed by atoms with van der Waals surface area (Å²) in [4.78, 5) is 19.0. The van der Waals surface area contributed by atoms with E-state index in [0.29, 0.717) is 11.4 Å². The fourth-order valence-electron chi connectivity index (χ4n) is 3.58. The number of amides is 1. The molecule has 0 bridgehead atoms. The van der Waals surface area contributed by atoms with E-state index in [1.165, 1.54) is 18.7 Å². The molecule has 132 valence electrons. The van der Waals surface area contributed by atoms with Crippen LogP contribution >= 0.6 is 0 Å². The van der Waals surface area contributed by atoms with Gasteiger partial charge in [0.2, 0.25) is 0 Å². The van der Waals surface area contributed by atoms with Crippen LogP contribution in [-0.2, 0) is 0 Å². The van der Waals surface area contributed by atoms with Crippen molar-refractivity contribution in [3.05, 3.63) is 23.6 Å². The van der Waals surface area contributed by atoms with Gasteiger partial charge in [0.05, 0.1) is 11.8 Å². The molecule has 2 aliphatic rings. The lowest BCUT2D eigenvalue weighted by Gasteiger charge is -2.30. The Morgan fingerprint density at radius 3 is 2.58 bits per heavy atom. The Morgan fingerprint density at radius 1 is 1.17 bits per heavy atom. The van der Waals surface area contributed by atoms with Crippen molar-refractivity contribution in [3.8, 4) is 0 Å². The van der Waals surface area contributed by atoms with Crippen molar-refractivity contribution < 1.29 is 9.18 Å². The van der Waals surface area contributed by atoms with Crippen LogP contribution in [0.3, 0.4) is 0 Å². The summed E-state index contributed by atoms with van der Waals surface area (Å²) in [7, 11) is 2.11. The highest BCUT2D eigenvalue weighted by Gasteiger charge is 2.22. The predicted octanol–water partition coefficient (Wildman–Crippen LogP) is 2.79. The Bertz CT molecular complexity index is 566. The molecule has 6 heteroatoms. The molecule has 1 saturated heterocycles. The highest BCUT2D eigenvalue weighted by Crippen LogP contribution is 2.21. The summed E-state index contributed by atoms with van der Waals surface area (Å²) < 4.78 is 13.6. The van der Waals surface area contributed by atoms with Crippen LogP contribution in [0.4, 0.5) is 10.2 Å². The number of nitrogens with zero attached hydrogens (tertiary/aromatic N) is 2. The van der Waals surface area contributed by atoms with Crippen molar-refractivity contribution in [1.29, 1.82) is 0 Å². The molecule has 1 amide bonds. The van der Waals surface area contributed by atoms with Gasteiger partial charge >= 0.3 is 0 Å². The molecular formula is C18H27FN4O. The summed E-state index contributed by atoms with van der Waals surface area (Å²) in [6.07, 6.45) is 8.71. The first-order valence-electron chi connectivity index (χ1n) is 9.03. The van der Waals surface area contributed by atoms with Crippen molar-refractivity contribution in [2.24, 2.45) is 0 Å². The van der Waals surface area contributed by atoms with Gasteiger partial charge in [-0.2, -0.15) is 0 Å². The first-order valence-corrected chi connectivity index (χ1v) is 9.03. The van der Waals surface area contributed by atoms with E-state index in [2.05, 4.69) is 27.6 Å². The van der Waals surface area contributed by atoms with Gasteiger partial charge in [-0.25, -0.2) is 9.37 Å². The molecule has 1 aliphatic carbocycles.